The van der Waals surface area contributed by atoms with Crippen molar-refractivity contribution in [3.05, 3.63) is 60.4 Å². The van der Waals surface area contributed by atoms with Crippen molar-refractivity contribution in [2.45, 2.75) is 24.3 Å². The predicted octanol–water partition coefficient (Wildman–Crippen LogP) is 3.13. The summed E-state index contributed by atoms with van der Waals surface area (Å²) in [5.74, 6) is 0.870. The van der Waals surface area contributed by atoms with Crippen molar-refractivity contribution < 1.29 is 12.9 Å². The van der Waals surface area contributed by atoms with Crippen LogP contribution in [0.15, 0.2) is 64.0 Å². The lowest BCUT2D eigenvalue weighted by atomic mass is 10.2. The lowest BCUT2D eigenvalue weighted by Gasteiger charge is -2.19. The van der Waals surface area contributed by atoms with E-state index in [1.165, 1.54) is 11.4 Å². The SMILES string of the molecule is CNC(C)Cc1noc(-c2cccc(S(=O)(=O)N(C)c3ccccc3)c2)n1.Cl. The fourth-order valence-electron chi connectivity index (χ4n) is 2.55. The Morgan fingerprint density at radius 3 is 2.54 bits per heavy atom. The Morgan fingerprint density at radius 1 is 1.14 bits per heavy atom. The molecule has 1 atom stereocenters. The van der Waals surface area contributed by atoms with Gasteiger partial charge in [0.1, 0.15) is 0 Å². The molecule has 7 nitrogen and oxygen atoms in total. The van der Waals surface area contributed by atoms with E-state index in [9.17, 15) is 8.42 Å². The standard InChI is InChI=1S/C19H22N4O3S.ClH/c1-14(20-2)12-18-21-19(26-22-18)15-8-7-11-17(13-15)27(24,25)23(3)16-9-5-4-6-10-16;/h4-11,13-14,20H,12H2,1-3H3;1H. The Kier molecular flexibility index (Phi) is 7.17. The Bertz CT molecular complexity index is 1010. The summed E-state index contributed by atoms with van der Waals surface area (Å²) < 4.78 is 32.5. The second kappa shape index (κ2) is 9.18. The molecule has 1 N–H and O–H groups in total. The van der Waals surface area contributed by atoms with Crippen LogP contribution < -0.4 is 9.62 Å². The third-order valence-corrected chi connectivity index (χ3v) is 6.09. The normalized spacial score (nSPS) is 12.2. The van der Waals surface area contributed by atoms with Gasteiger partial charge in [-0.3, -0.25) is 4.31 Å². The van der Waals surface area contributed by atoms with E-state index in [1.807, 2.05) is 20.0 Å². The third-order valence-electron chi connectivity index (χ3n) is 4.31. The summed E-state index contributed by atoms with van der Waals surface area (Å²) in [6.07, 6.45) is 0.620. The molecule has 0 amide bonds. The fourth-order valence-corrected chi connectivity index (χ4v) is 3.80. The average molecular weight is 423 g/mol. The maximum Gasteiger partial charge on any atom is 0.264 e. The van der Waals surface area contributed by atoms with Crippen LogP contribution in [0.25, 0.3) is 11.5 Å². The zero-order valence-corrected chi connectivity index (χ0v) is 17.5. The van der Waals surface area contributed by atoms with Crippen LogP contribution in [0.2, 0.25) is 0 Å². The van der Waals surface area contributed by atoms with E-state index in [2.05, 4.69) is 15.5 Å². The number of rotatable bonds is 7. The van der Waals surface area contributed by atoms with E-state index >= 15 is 0 Å². The monoisotopic (exact) mass is 422 g/mol. The number of halogens is 1. The minimum absolute atomic E-state index is 0. The molecule has 0 aliphatic heterocycles. The molecular formula is C19H23ClN4O3S. The molecule has 0 aliphatic rings. The van der Waals surface area contributed by atoms with Crippen LogP contribution in [0.1, 0.15) is 12.7 Å². The van der Waals surface area contributed by atoms with E-state index in [-0.39, 0.29) is 23.3 Å². The molecule has 3 aromatic rings. The minimum Gasteiger partial charge on any atom is -0.334 e. The molecule has 1 unspecified atom stereocenters. The van der Waals surface area contributed by atoms with E-state index < -0.39 is 10.0 Å². The molecular weight excluding hydrogens is 400 g/mol. The van der Waals surface area contributed by atoms with Gasteiger partial charge in [0.15, 0.2) is 5.82 Å². The Hall–Kier alpha value is -2.42. The first kappa shape index (κ1) is 21.9. The molecule has 0 aliphatic carbocycles. The van der Waals surface area contributed by atoms with Crippen molar-refractivity contribution in [1.82, 2.24) is 15.5 Å². The van der Waals surface area contributed by atoms with Gasteiger partial charge in [0.2, 0.25) is 0 Å². The van der Waals surface area contributed by atoms with Crippen LogP contribution in [0, 0.1) is 0 Å². The van der Waals surface area contributed by atoms with Gasteiger partial charge in [0.25, 0.3) is 15.9 Å². The molecule has 0 spiro atoms. The topological polar surface area (TPSA) is 88.3 Å². The molecule has 0 saturated carbocycles. The Morgan fingerprint density at radius 2 is 1.86 bits per heavy atom. The third kappa shape index (κ3) is 4.70. The van der Waals surface area contributed by atoms with Gasteiger partial charge in [-0.2, -0.15) is 4.98 Å². The second-order valence-corrected chi connectivity index (χ2v) is 8.21. The molecule has 0 fully saturated rings. The molecule has 0 radical (unpaired) electrons. The van der Waals surface area contributed by atoms with Crippen LogP contribution in [0.3, 0.4) is 0 Å². The van der Waals surface area contributed by atoms with Gasteiger partial charge in [-0.1, -0.05) is 29.4 Å². The highest BCUT2D eigenvalue weighted by atomic mass is 35.5. The highest BCUT2D eigenvalue weighted by Crippen LogP contribution is 2.25. The molecule has 1 heterocycles. The van der Waals surface area contributed by atoms with Crippen molar-refractivity contribution >= 4 is 28.1 Å². The molecule has 0 bridgehead atoms. The fraction of sp³-hybridized carbons (Fsp3) is 0.263. The van der Waals surface area contributed by atoms with Gasteiger partial charge < -0.3 is 9.84 Å². The van der Waals surface area contributed by atoms with Crippen molar-refractivity contribution in [3.63, 3.8) is 0 Å². The maximum atomic E-state index is 13.0. The Labute approximate surface area is 171 Å². The predicted molar refractivity (Wildman–Crippen MR) is 111 cm³/mol. The van der Waals surface area contributed by atoms with Gasteiger partial charge in [-0.15, -0.1) is 12.4 Å². The molecule has 28 heavy (non-hydrogen) atoms. The first-order valence-electron chi connectivity index (χ1n) is 8.56. The first-order chi connectivity index (χ1) is 12.9. The number of nitrogens with one attached hydrogen (secondary N) is 1. The highest BCUT2D eigenvalue weighted by Gasteiger charge is 2.22. The van der Waals surface area contributed by atoms with E-state index in [0.717, 1.165) is 0 Å². The molecule has 9 heteroatoms. The van der Waals surface area contributed by atoms with Gasteiger partial charge in [-0.25, -0.2) is 8.42 Å². The van der Waals surface area contributed by atoms with Gasteiger partial charge in [-0.05, 0) is 44.3 Å². The summed E-state index contributed by atoms with van der Waals surface area (Å²) in [6.45, 7) is 2.02. The van der Waals surface area contributed by atoms with Gasteiger partial charge in [0, 0.05) is 25.1 Å². The smallest absolute Gasteiger partial charge is 0.264 e. The summed E-state index contributed by atoms with van der Waals surface area (Å²) in [5.41, 5.74) is 1.15. The van der Waals surface area contributed by atoms with Crippen LogP contribution >= 0.6 is 12.4 Å². The number of nitrogens with zero attached hydrogens (tertiary/aromatic N) is 3. The van der Waals surface area contributed by atoms with Crippen molar-refractivity contribution in [3.8, 4) is 11.5 Å². The lowest BCUT2D eigenvalue weighted by molar-refractivity contribution is 0.418. The van der Waals surface area contributed by atoms with Crippen molar-refractivity contribution in [2.75, 3.05) is 18.4 Å². The maximum absolute atomic E-state index is 13.0. The number of para-hydroxylation sites is 1. The number of likely N-dealkylation sites (N-methyl/N-ethyl adjacent to an activating group) is 1. The van der Waals surface area contributed by atoms with Crippen molar-refractivity contribution in [1.29, 1.82) is 0 Å². The van der Waals surface area contributed by atoms with E-state index in [4.69, 9.17) is 4.52 Å². The largest absolute Gasteiger partial charge is 0.334 e. The quantitative estimate of drug-likeness (QED) is 0.629. The molecule has 2 aromatic carbocycles. The molecule has 3 rings (SSSR count). The summed E-state index contributed by atoms with van der Waals surface area (Å²) in [6, 6.07) is 15.7. The zero-order valence-electron chi connectivity index (χ0n) is 15.9. The lowest BCUT2D eigenvalue weighted by Crippen LogP contribution is -2.26. The van der Waals surface area contributed by atoms with Crippen LogP contribution in [0.4, 0.5) is 5.69 Å². The molecule has 150 valence electrons. The summed E-state index contributed by atoms with van der Waals surface area (Å²) in [7, 11) is -0.312. The van der Waals surface area contributed by atoms with Crippen LogP contribution in [-0.4, -0.2) is 38.7 Å². The van der Waals surface area contributed by atoms with Crippen LogP contribution in [0.5, 0.6) is 0 Å². The molecule has 0 saturated heterocycles. The number of sulfonamides is 1. The van der Waals surface area contributed by atoms with Gasteiger partial charge in [0.05, 0.1) is 10.6 Å². The summed E-state index contributed by atoms with van der Waals surface area (Å²) in [5, 5.41) is 7.08. The zero-order chi connectivity index (χ0) is 19.4. The molecule has 1 aromatic heterocycles. The summed E-state index contributed by atoms with van der Waals surface area (Å²) >= 11 is 0. The summed E-state index contributed by atoms with van der Waals surface area (Å²) in [4.78, 5) is 4.53. The van der Waals surface area contributed by atoms with E-state index in [0.29, 0.717) is 29.4 Å². The first-order valence-corrected chi connectivity index (χ1v) is 10.00. The van der Waals surface area contributed by atoms with Crippen molar-refractivity contribution in [2.24, 2.45) is 0 Å². The van der Waals surface area contributed by atoms with E-state index in [1.54, 1.807) is 48.5 Å². The number of aromatic nitrogens is 2. The number of hydrogen-bond donors (Lipinski definition) is 1. The average Bonchev–Trinajstić information content (AvgIpc) is 3.16. The number of hydrogen-bond acceptors (Lipinski definition) is 6. The van der Waals surface area contributed by atoms with Gasteiger partial charge >= 0.3 is 0 Å². The highest BCUT2D eigenvalue weighted by molar-refractivity contribution is 7.92. The Balaban J connectivity index is 0.00000280. The van der Waals surface area contributed by atoms with Crippen LogP contribution in [-0.2, 0) is 16.4 Å². The minimum atomic E-state index is -3.71. The number of benzene rings is 2. The second-order valence-electron chi connectivity index (χ2n) is 6.25. The number of anilines is 1.